The first-order valence-corrected chi connectivity index (χ1v) is 14.2. The minimum Gasteiger partial charge on any atom is -0.453 e. The summed E-state index contributed by atoms with van der Waals surface area (Å²) in [6.07, 6.45) is 6.22. The van der Waals surface area contributed by atoms with Gasteiger partial charge in [0, 0.05) is 32.7 Å². The molecule has 0 spiro atoms. The average molecular weight is 517 g/mol. The van der Waals surface area contributed by atoms with Crippen LogP contribution in [0.15, 0.2) is 47.4 Å². The van der Waals surface area contributed by atoms with E-state index in [2.05, 4.69) is 4.83 Å². The number of urea groups is 1. The molecule has 2 aromatic rings. The zero-order valence-corrected chi connectivity index (χ0v) is 21.9. The van der Waals surface area contributed by atoms with Crippen LogP contribution in [0.3, 0.4) is 0 Å². The second kappa shape index (κ2) is 11.5. The van der Waals surface area contributed by atoms with Gasteiger partial charge in [-0.1, -0.05) is 49.6 Å². The fourth-order valence-electron chi connectivity index (χ4n) is 5.27. The number of hydrogen-bond donors (Lipinski definition) is 1. The fourth-order valence-corrected chi connectivity index (χ4v) is 6.35. The van der Waals surface area contributed by atoms with E-state index >= 15 is 0 Å². The summed E-state index contributed by atoms with van der Waals surface area (Å²) >= 11 is 0. The maximum atomic E-state index is 13.6. The number of carbonyl (C=O) groups excluding carboxylic acids is 2. The largest absolute Gasteiger partial charge is 0.453 e. The molecule has 4 rings (SSSR count). The van der Waals surface area contributed by atoms with E-state index in [-0.39, 0.29) is 29.4 Å². The number of sulfonamides is 1. The maximum absolute atomic E-state index is 13.6. The first-order valence-electron chi connectivity index (χ1n) is 12.7. The Bertz CT molecular complexity index is 1180. The summed E-state index contributed by atoms with van der Waals surface area (Å²) in [5.74, 6) is -0.0825. The summed E-state index contributed by atoms with van der Waals surface area (Å²) in [7, 11) is -0.929. The van der Waals surface area contributed by atoms with Crippen LogP contribution in [0.5, 0.6) is 0 Å². The number of hydrogen-bond acceptors (Lipinski definition) is 5. The molecule has 0 aromatic heterocycles. The second-order valence-electron chi connectivity index (χ2n) is 9.82. The van der Waals surface area contributed by atoms with E-state index in [1.807, 2.05) is 24.3 Å². The van der Waals surface area contributed by atoms with Crippen LogP contribution in [0.1, 0.15) is 44.9 Å². The SMILES string of the molecule is COC(=O)N1CCCC(CN(NS(=O)(=O)c2ccc3ccccc3c2)C(=O)N(C)C2CCCCC2)C1. The predicted octanol–water partition coefficient (Wildman–Crippen LogP) is 4.20. The van der Waals surface area contributed by atoms with Crippen molar-refractivity contribution in [3.8, 4) is 0 Å². The van der Waals surface area contributed by atoms with E-state index in [1.165, 1.54) is 12.1 Å². The fraction of sp³-hybridized carbons (Fsp3) is 0.538. The van der Waals surface area contributed by atoms with Crippen LogP contribution in [-0.4, -0.2) is 75.2 Å². The van der Waals surface area contributed by atoms with Gasteiger partial charge in [-0.15, -0.1) is 4.83 Å². The van der Waals surface area contributed by atoms with Crippen molar-refractivity contribution in [2.45, 2.75) is 55.9 Å². The minimum absolute atomic E-state index is 0.0804. The van der Waals surface area contributed by atoms with Crippen molar-refractivity contribution in [2.75, 3.05) is 33.8 Å². The summed E-state index contributed by atoms with van der Waals surface area (Å²) in [4.78, 5) is 31.7. The highest BCUT2D eigenvalue weighted by Crippen LogP contribution is 2.25. The third-order valence-electron chi connectivity index (χ3n) is 7.31. The molecule has 2 aromatic carbocycles. The first kappa shape index (κ1) is 26.2. The molecule has 1 aliphatic heterocycles. The number of hydrazine groups is 1. The van der Waals surface area contributed by atoms with E-state index in [0.717, 1.165) is 55.7 Å². The summed E-state index contributed by atoms with van der Waals surface area (Å²) in [5, 5.41) is 2.97. The first-order chi connectivity index (χ1) is 17.3. The Morgan fingerprint density at radius 2 is 1.75 bits per heavy atom. The van der Waals surface area contributed by atoms with Crippen molar-refractivity contribution >= 4 is 32.9 Å². The number of fused-ring (bicyclic) bond motifs is 1. The molecular formula is C26H36N4O5S. The lowest BCUT2D eigenvalue weighted by molar-refractivity contribution is 0.0843. The smallest absolute Gasteiger partial charge is 0.409 e. The monoisotopic (exact) mass is 516 g/mol. The van der Waals surface area contributed by atoms with E-state index < -0.39 is 16.1 Å². The lowest BCUT2D eigenvalue weighted by Gasteiger charge is -2.38. The molecule has 1 heterocycles. The zero-order valence-electron chi connectivity index (χ0n) is 21.1. The number of likely N-dealkylation sites (tertiary alicyclic amines) is 1. The maximum Gasteiger partial charge on any atom is 0.409 e. The Morgan fingerprint density at radius 1 is 1.03 bits per heavy atom. The zero-order chi connectivity index (χ0) is 25.7. The number of carbonyl (C=O) groups is 2. The highest BCUT2D eigenvalue weighted by Gasteiger charge is 2.33. The Balaban J connectivity index is 1.57. The van der Waals surface area contributed by atoms with Gasteiger partial charge in [-0.25, -0.2) is 23.0 Å². The van der Waals surface area contributed by atoms with Gasteiger partial charge in [-0.2, -0.15) is 0 Å². The van der Waals surface area contributed by atoms with Crippen LogP contribution in [0, 0.1) is 5.92 Å². The highest BCUT2D eigenvalue weighted by molar-refractivity contribution is 7.89. The second-order valence-corrected chi connectivity index (χ2v) is 11.5. The average Bonchev–Trinajstić information content (AvgIpc) is 2.91. The van der Waals surface area contributed by atoms with Gasteiger partial charge >= 0.3 is 12.1 Å². The van der Waals surface area contributed by atoms with Crippen LogP contribution in [0.25, 0.3) is 10.8 Å². The van der Waals surface area contributed by atoms with Gasteiger partial charge in [-0.05, 0) is 54.5 Å². The number of ether oxygens (including phenoxy) is 1. The minimum atomic E-state index is -4.02. The quantitative estimate of drug-likeness (QED) is 0.580. The Hall–Kier alpha value is -2.85. The van der Waals surface area contributed by atoms with E-state index in [4.69, 9.17) is 4.74 Å². The predicted molar refractivity (Wildman–Crippen MR) is 138 cm³/mol. The highest BCUT2D eigenvalue weighted by atomic mass is 32.2. The molecule has 3 amide bonds. The Kier molecular flexibility index (Phi) is 8.35. The number of nitrogens with one attached hydrogen (secondary N) is 1. The summed E-state index contributed by atoms with van der Waals surface area (Å²) in [6, 6.07) is 12.2. The molecular weight excluding hydrogens is 480 g/mol. The van der Waals surface area contributed by atoms with E-state index in [9.17, 15) is 18.0 Å². The van der Waals surface area contributed by atoms with Crippen molar-refractivity contribution < 1.29 is 22.7 Å². The van der Waals surface area contributed by atoms with Crippen molar-refractivity contribution in [3.05, 3.63) is 42.5 Å². The van der Waals surface area contributed by atoms with Crippen molar-refractivity contribution in [3.63, 3.8) is 0 Å². The van der Waals surface area contributed by atoms with Gasteiger partial charge in [0.2, 0.25) is 0 Å². The molecule has 2 aliphatic rings. The summed E-state index contributed by atoms with van der Waals surface area (Å²) in [6.45, 7) is 1.15. The van der Waals surface area contributed by atoms with Gasteiger partial charge in [0.25, 0.3) is 10.0 Å². The van der Waals surface area contributed by atoms with Crippen LogP contribution in [0.4, 0.5) is 9.59 Å². The molecule has 1 saturated heterocycles. The van der Waals surface area contributed by atoms with Crippen LogP contribution >= 0.6 is 0 Å². The van der Waals surface area contributed by atoms with E-state index in [1.54, 1.807) is 35.0 Å². The van der Waals surface area contributed by atoms with Crippen molar-refractivity contribution in [1.82, 2.24) is 19.6 Å². The van der Waals surface area contributed by atoms with Crippen LogP contribution in [0.2, 0.25) is 0 Å². The number of nitrogens with zero attached hydrogens (tertiary/aromatic N) is 3. The molecule has 0 radical (unpaired) electrons. The van der Waals surface area contributed by atoms with Gasteiger partial charge in [0.05, 0.1) is 12.0 Å². The molecule has 10 heteroatoms. The molecule has 1 N–H and O–H groups in total. The standard InChI is InChI=1S/C26H36N4O5S/c1-28(23-12-4-3-5-13-23)25(31)30(19-20-9-8-16-29(18-20)26(32)35-2)27-36(33,34)24-15-14-21-10-6-7-11-22(21)17-24/h6-7,10-11,14-15,17,20,23,27H,3-5,8-9,12-13,16,18-19H2,1-2H3. The van der Waals surface area contributed by atoms with Crippen molar-refractivity contribution in [2.24, 2.45) is 5.92 Å². The number of rotatable bonds is 6. The molecule has 36 heavy (non-hydrogen) atoms. The third kappa shape index (κ3) is 6.10. The summed E-state index contributed by atoms with van der Waals surface area (Å²) < 4.78 is 31.8. The van der Waals surface area contributed by atoms with Crippen LogP contribution in [-0.2, 0) is 14.8 Å². The normalized spacial score (nSPS) is 19.2. The third-order valence-corrected chi connectivity index (χ3v) is 8.64. The number of methoxy groups -OCH3 is 1. The molecule has 1 atom stereocenters. The van der Waals surface area contributed by atoms with Gasteiger partial charge in [0.15, 0.2) is 0 Å². The lowest BCUT2D eigenvalue weighted by Crippen LogP contribution is -2.56. The molecule has 0 bridgehead atoms. The number of amides is 3. The molecule has 196 valence electrons. The number of benzene rings is 2. The van der Waals surface area contributed by atoms with Gasteiger partial charge in [-0.3, -0.25) is 0 Å². The lowest BCUT2D eigenvalue weighted by atomic mass is 9.94. The summed E-state index contributed by atoms with van der Waals surface area (Å²) in [5.41, 5.74) is 0. The van der Waals surface area contributed by atoms with Gasteiger partial charge in [0.1, 0.15) is 0 Å². The Morgan fingerprint density at radius 3 is 2.47 bits per heavy atom. The van der Waals surface area contributed by atoms with E-state index in [0.29, 0.717) is 13.1 Å². The molecule has 1 aliphatic carbocycles. The van der Waals surface area contributed by atoms with Crippen molar-refractivity contribution in [1.29, 1.82) is 0 Å². The molecule has 9 nitrogen and oxygen atoms in total. The molecule has 1 saturated carbocycles. The Labute approximate surface area is 213 Å². The molecule has 2 fully saturated rings. The number of piperidine rings is 1. The van der Waals surface area contributed by atoms with Crippen LogP contribution < -0.4 is 4.83 Å². The molecule has 1 unspecified atom stereocenters. The topological polar surface area (TPSA) is 99.3 Å². The van der Waals surface area contributed by atoms with Gasteiger partial charge < -0.3 is 14.5 Å².